The van der Waals surface area contributed by atoms with Crippen molar-refractivity contribution < 1.29 is 19.1 Å². The molecule has 1 unspecified atom stereocenters. The van der Waals surface area contributed by atoms with Gasteiger partial charge in [-0.05, 0) is 24.3 Å². The number of amides is 2. The molecular weight excluding hydrogens is 274 g/mol. The molecule has 0 bridgehead atoms. The average molecular weight is 293 g/mol. The van der Waals surface area contributed by atoms with E-state index in [9.17, 15) is 9.59 Å². The first-order valence-electron chi connectivity index (χ1n) is 6.79. The molecule has 0 radical (unpaired) electrons. The van der Waals surface area contributed by atoms with Crippen LogP contribution in [0.1, 0.15) is 6.42 Å². The minimum atomic E-state index is -0.467. The van der Waals surface area contributed by atoms with E-state index < -0.39 is 12.0 Å². The van der Waals surface area contributed by atoms with Crippen LogP contribution in [0.4, 0.5) is 5.69 Å². The lowest BCUT2D eigenvalue weighted by Crippen LogP contribution is -2.45. The normalized spacial score (nSPS) is 18.0. The quantitative estimate of drug-likeness (QED) is 0.678. The monoisotopic (exact) mass is 293 g/mol. The van der Waals surface area contributed by atoms with E-state index in [1.165, 1.54) is 0 Å². The molecule has 1 saturated heterocycles. The molecule has 114 valence electrons. The summed E-state index contributed by atoms with van der Waals surface area (Å²) in [7, 11) is 0. The minimum Gasteiger partial charge on any atom is -0.493 e. The predicted molar refractivity (Wildman–Crippen MR) is 77.0 cm³/mol. The summed E-state index contributed by atoms with van der Waals surface area (Å²) >= 11 is 0. The molecule has 21 heavy (non-hydrogen) atoms. The number of nitrogens with two attached hydrogens (primary N) is 1. The lowest BCUT2D eigenvalue weighted by atomic mass is 10.2. The van der Waals surface area contributed by atoms with Crippen LogP contribution >= 0.6 is 0 Å². The summed E-state index contributed by atoms with van der Waals surface area (Å²) in [5, 5.41) is 5.88. The standard InChI is InChI=1S/C14H19N3O4/c15-13(18)5-7-20-11-3-1-10(2-4-11)17-14(19)12-9-16-6-8-21-12/h1-4,12,16H,5-9H2,(H2,15,18)(H,17,19). The van der Waals surface area contributed by atoms with Gasteiger partial charge in [0.2, 0.25) is 5.91 Å². The molecule has 1 aliphatic rings. The zero-order valence-corrected chi connectivity index (χ0v) is 11.6. The van der Waals surface area contributed by atoms with Crippen LogP contribution in [0.25, 0.3) is 0 Å². The third-order valence-corrected chi connectivity index (χ3v) is 2.96. The van der Waals surface area contributed by atoms with Crippen LogP contribution in [0.2, 0.25) is 0 Å². The summed E-state index contributed by atoms with van der Waals surface area (Å²) in [6.45, 7) is 2.05. The van der Waals surface area contributed by atoms with Gasteiger partial charge in [0.15, 0.2) is 0 Å². The highest BCUT2D eigenvalue weighted by Crippen LogP contribution is 2.16. The first-order valence-corrected chi connectivity index (χ1v) is 6.79. The SMILES string of the molecule is NC(=O)CCOc1ccc(NC(=O)C2CNCCO2)cc1. The largest absolute Gasteiger partial charge is 0.493 e. The summed E-state index contributed by atoms with van der Waals surface area (Å²) in [5.74, 6) is 0.0365. The van der Waals surface area contributed by atoms with Gasteiger partial charge < -0.3 is 25.8 Å². The number of carbonyl (C=O) groups excluding carboxylic acids is 2. The minimum absolute atomic E-state index is 0.171. The van der Waals surface area contributed by atoms with Gasteiger partial charge in [0.05, 0.1) is 19.6 Å². The Morgan fingerprint density at radius 1 is 1.38 bits per heavy atom. The van der Waals surface area contributed by atoms with Gasteiger partial charge in [-0.25, -0.2) is 0 Å². The molecule has 0 aromatic heterocycles. The zero-order chi connectivity index (χ0) is 15.1. The third-order valence-electron chi connectivity index (χ3n) is 2.96. The van der Waals surface area contributed by atoms with Gasteiger partial charge in [0.25, 0.3) is 5.91 Å². The van der Waals surface area contributed by atoms with E-state index in [4.69, 9.17) is 15.2 Å². The Morgan fingerprint density at radius 3 is 2.76 bits per heavy atom. The summed E-state index contributed by atoms with van der Waals surface area (Å²) < 4.78 is 10.7. The molecule has 1 fully saturated rings. The van der Waals surface area contributed by atoms with Crippen LogP contribution in [0.3, 0.4) is 0 Å². The molecule has 0 aliphatic carbocycles. The molecule has 4 N–H and O–H groups in total. The molecule has 7 heteroatoms. The smallest absolute Gasteiger partial charge is 0.254 e. The van der Waals surface area contributed by atoms with E-state index >= 15 is 0 Å². The lowest BCUT2D eigenvalue weighted by Gasteiger charge is -2.22. The number of ether oxygens (including phenoxy) is 2. The van der Waals surface area contributed by atoms with E-state index in [1.807, 2.05) is 0 Å². The molecule has 1 aliphatic heterocycles. The maximum Gasteiger partial charge on any atom is 0.254 e. The molecule has 7 nitrogen and oxygen atoms in total. The molecule has 1 aromatic rings. The Balaban J connectivity index is 1.81. The fraction of sp³-hybridized carbons (Fsp3) is 0.429. The van der Waals surface area contributed by atoms with Gasteiger partial charge in [0.1, 0.15) is 11.9 Å². The fourth-order valence-corrected chi connectivity index (χ4v) is 1.86. The maximum atomic E-state index is 11.9. The first kappa shape index (κ1) is 15.3. The van der Waals surface area contributed by atoms with Crippen molar-refractivity contribution in [2.24, 2.45) is 5.73 Å². The Labute approximate surface area is 122 Å². The number of nitrogens with one attached hydrogen (secondary N) is 2. The van der Waals surface area contributed by atoms with Crippen molar-refractivity contribution >= 4 is 17.5 Å². The summed E-state index contributed by atoms with van der Waals surface area (Å²) in [6.07, 6.45) is -0.296. The van der Waals surface area contributed by atoms with Crippen molar-refractivity contribution in [3.63, 3.8) is 0 Å². The van der Waals surface area contributed by atoms with Gasteiger partial charge in [-0.1, -0.05) is 0 Å². The van der Waals surface area contributed by atoms with Crippen molar-refractivity contribution in [2.75, 3.05) is 31.6 Å². The topological polar surface area (TPSA) is 103 Å². The van der Waals surface area contributed by atoms with Crippen molar-refractivity contribution in [1.29, 1.82) is 0 Å². The van der Waals surface area contributed by atoms with Crippen LogP contribution in [-0.2, 0) is 14.3 Å². The molecule has 1 aromatic carbocycles. The van der Waals surface area contributed by atoms with E-state index in [1.54, 1.807) is 24.3 Å². The molecule has 2 rings (SSSR count). The second kappa shape index (κ2) is 7.61. The van der Waals surface area contributed by atoms with Crippen molar-refractivity contribution in [2.45, 2.75) is 12.5 Å². The van der Waals surface area contributed by atoms with Crippen molar-refractivity contribution in [3.05, 3.63) is 24.3 Å². The molecule has 1 atom stereocenters. The second-order valence-corrected chi connectivity index (χ2v) is 4.64. The number of morpholine rings is 1. The number of rotatable bonds is 6. The highest BCUT2D eigenvalue weighted by atomic mass is 16.5. The number of anilines is 1. The molecular formula is C14H19N3O4. The number of carbonyl (C=O) groups is 2. The maximum absolute atomic E-state index is 11.9. The van der Waals surface area contributed by atoms with Crippen LogP contribution in [0.15, 0.2) is 24.3 Å². The lowest BCUT2D eigenvalue weighted by molar-refractivity contribution is -0.128. The summed E-state index contributed by atoms with van der Waals surface area (Å²) in [6, 6.07) is 6.90. The van der Waals surface area contributed by atoms with Crippen LogP contribution < -0.4 is 21.1 Å². The Hall–Kier alpha value is -2.12. The summed E-state index contributed by atoms with van der Waals surface area (Å²) in [4.78, 5) is 22.5. The van der Waals surface area contributed by atoms with Crippen molar-refractivity contribution in [3.8, 4) is 5.75 Å². The van der Waals surface area contributed by atoms with Crippen LogP contribution in [0, 0.1) is 0 Å². The predicted octanol–water partition coefficient (Wildman–Crippen LogP) is -0.132. The number of benzene rings is 1. The highest BCUT2D eigenvalue weighted by Gasteiger charge is 2.21. The Kier molecular flexibility index (Phi) is 5.53. The van der Waals surface area contributed by atoms with Gasteiger partial charge in [0, 0.05) is 18.8 Å². The van der Waals surface area contributed by atoms with E-state index in [2.05, 4.69) is 10.6 Å². The van der Waals surface area contributed by atoms with E-state index in [-0.39, 0.29) is 18.9 Å². The average Bonchev–Trinajstić information content (AvgIpc) is 2.49. The second-order valence-electron chi connectivity index (χ2n) is 4.64. The van der Waals surface area contributed by atoms with Gasteiger partial charge in [-0.3, -0.25) is 9.59 Å². The molecule has 1 heterocycles. The zero-order valence-electron chi connectivity index (χ0n) is 11.6. The molecule has 2 amide bonds. The van der Waals surface area contributed by atoms with Gasteiger partial charge >= 0.3 is 0 Å². The Morgan fingerprint density at radius 2 is 2.14 bits per heavy atom. The van der Waals surface area contributed by atoms with Crippen LogP contribution in [-0.4, -0.2) is 44.2 Å². The molecule has 0 spiro atoms. The highest BCUT2D eigenvalue weighted by molar-refractivity contribution is 5.94. The fourth-order valence-electron chi connectivity index (χ4n) is 1.86. The number of hydrogen-bond donors (Lipinski definition) is 3. The number of primary amides is 1. The number of hydrogen-bond acceptors (Lipinski definition) is 5. The van der Waals surface area contributed by atoms with E-state index in [0.717, 1.165) is 6.54 Å². The van der Waals surface area contributed by atoms with Gasteiger partial charge in [-0.15, -0.1) is 0 Å². The third kappa shape index (κ3) is 5.05. The summed E-state index contributed by atoms with van der Waals surface area (Å²) in [5.41, 5.74) is 5.69. The van der Waals surface area contributed by atoms with Gasteiger partial charge in [-0.2, -0.15) is 0 Å². The first-order chi connectivity index (χ1) is 10.1. The van der Waals surface area contributed by atoms with Crippen molar-refractivity contribution in [1.82, 2.24) is 5.32 Å². The van der Waals surface area contributed by atoms with E-state index in [0.29, 0.717) is 24.6 Å². The Bertz CT molecular complexity index is 483. The van der Waals surface area contributed by atoms with Crippen LogP contribution in [0.5, 0.6) is 5.75 Å². The molecule has 0 saturated carbocycles.